The highest BCUT2D eigenvalue weighted by molar-refractivity contribution is 5.80. The molecular weight excluding hydrogens is 152 g/mol. The third kappa shape index (κ3) is 2.81. The minimum atomic E-state index is -0.235. The van der Waals surface area contributed by atoms with Crippen molar-refractivity contribution in [3.05, 3.63) is 0 Å². The molecule has 0 aliphatic carbocycles. The van der Waals surface area contributed by atoms with Crippen LogP contribution < -0.4 is 5.73 Å². The molecule has 12 heavy (non-hydrogen) atoms. The second-order valence-corrected chi connectivity index (χ2v) is 3.85. The molecule has 0 heterocycles. The van der Waals surface area contributed by atoms with Crippen LogP contribution in [-0.4, -0.2) is 29.9 Å². The van der Waals surface area contributed by atoms with Crippen molar-refractivity contribution in [3.8, 4) is 0 Å². The molecule has 72 valence electrons. The predicted molar refractivity (Wildman–Crippen MR) is 50.7 cm³/mol. The molecule has 0 radical (unpaired) electrons. The van der Waals surface area contributed by atoms with Gasteiger partial charge in [0.05, 0.1) is 6.04 Å². The summed E-state index contributed by atoms with van der Waals surface area (Å²) in [6, 6.07) is 0.204. The fourth-order valence-electron chi connectivity index (χ4n) is 1.32. The fraction of sp³-hybridized carbons (Fsp3) is 0.889. The molecule has 0 saturated heterocycles. The number of nitrogens with two attached hydrogens (primary N) is 1. The van der Waals surface area contributed by atoms with E-state index in [0.29, 0.717) is 6.04 Å². The maximum atomic E-state index is 11.1. The molecule has 0 fully saturated rings. The fourth-order valence-corrected chi connectivity index (χ4v) is 1.32. The van der Waals surface area contributed by atoms with E-state index in [1.165, 1.54) is 0 Å². The van der Waals surface area contributed by atoms with Gasteiger partial charge in [0, 0.05) is 6.04 Å². The summed E-state index contributed by atoms with van der Waals surface area (Å²) < 4.78 is 0. The van der Waals surface area contributed by atoms with Crippen molar-refractivity contribution in [2.24, 2.45) is 11.7 Å². The van der Waals surface area contributed by atoms with Crippen molar-refractivity contribution in [2.75, 3.05) is 7.05 Å². The van der Waals surface area contributed by atoms with Gasteiger partial charge in [0.15, 0.2) is 0 Å². The molecule has 1 atom stereocenters. The first kappa shape index (κ1) is 11.4. The molecule has 2 N–H and O–H groups in total. The number of likely N-dealkylation sites (N-methyl/N-ethyl adjacent to an activating group) is 1. The van der Waals surface area contributed by atoms with E-state index in [1.54, 1.807) is 0 Å². The number of primary amides is 1. The van der Waals surface area contributed by atoms with E-state index >= 15 is 0 Å². The zero-order valence-electron chi connectivity index (χ0n) is 8.66. The molecule has 3 heteroatoms. The van der Waals surface area contributed by atoms with Gasteiger partial charge in [0.25, 0.3) is 0 Å². The van der Waals surface area contributed by atoms with Gasteiger partial charge in [-0.25, -0.2) is 0 Å². The van der Waals surface area contributed by atoms with Crippen molar-refractivity contribution in [1.82, 2.24) is 4.90 Å². The maximum Gasteiger partial charge on any atom is 0.235 e. The third-order valence-corrected chi connectivity index (χ3v) is 2.18. The molecule has 3 nitrogen and oxygen atoms in total. The number of rotatable bonds is 4. The normalized spacial score (nSPS) is 14.3. The average molecular weight is 172 g/mol. The van der Waals surface area contributed by atoms with Gasteiger partial charge < -0.3 is 5.73 Å². The van der Waals surface area contributed by atoms with E-state index in [2.05, 4.69) is 13.8 Å². The number of hydrogen-bond acceptors (Lipinski definition) is 2. The van der Waals surface area contributed by atoms with Crippen LogP contribution in [0.25, 0.3) is 0 Å². The molecule has 0 aliphatic rings. The van der Waals surface area contributed by atoms with Crippen molar-refractivity contribution >= 4 is 5.91 Å². The van der Waals surface area contributed by atoms with E-state index < -0.39 is 0 Å². The van der Waals surface area contributed by atoms with Crippen LogP contribution in [0, 0.1) is 5.92 Å². The van der Waals surface area contributed by atoms with E-state index in [0.717, 1.165) is 0 Å². The number of carbonyl (C=O) groups is 1. The summed E-state index contributed by atoms with van der Waals surface area (Å²) >= 11 is 0. The molecule has 0 rings (SSSR count). The smallest absolute Gasteiger partial charge is 0.235 e. The number of nitrogens with zero attached hydrogens (tertiary/aromatic N) is 1. The van der Waals surface area contributed by atoms with Gasteiger partial charge in [0.1, 0.15) is 0 Å². The molecule has 0 aromatic rings. The summed E-state index contributed by atoms with van der Waals surface area (Å²) in [6.45, 7) is 8.12. The summed E-state index contributed by atoms with van der Waals surface area (Å²) in [4.78, 5) is 13.1. The Bertz CT molecular complexity index is 155. The van der Waals surface area contributed by atoms with Crippen LogP contribution in [0.5, 0.6) is 0 Å². The van der Waals surface area contributed by atoms with Gasteiger partial charge in [0.2, 0.25) is 5.91 Å². The average Bonchev–Trinajstić information content (AvgIpc) is 1.85. The van der Waals surface area contributed by atoms with Gasteiger partial charge in [-0.1, -0.05) is 13.8 Å². The van der Waals surface area contributed by atoms with Crippen molar-refractivity contribution < 1.29 is 4.79 Å². The molecule has 0 aliphatic heterocycles. The van der Waals surface area contributed by atoms with E-state index in [4.69, 9.17) is 5.73 Å². The van der Waals surface area contributed by atoms with Crippen LogP contribution in [0.4, 0.5) is 0 Å². The highest BCUT2D eigenvalue weighted by atomic mass is 16.1. The lowest BCUT2D eigenvalue weighted by Gasteiger charge is -2.31. The largest absolute Gasteiger partial charge is 0.368 e. The quantitative estimate of drug-likeness (QED) is 0.683. The Balaban J connectivity index is 4.40. The Morgan fingerprint density at radius 2 is 1.67 bits per heavy atom. The van der Waals surface area contributed by atoms with Gasteiger partial charge in [-0.2, -0.15) is 0 Å². The number of carbonyl (C=O) groups excluding carboxylic acids is 1. The number of hydrogen-bond donors (Lipinski definition) is 1. The minimum absolute atomic E-state index is 0.148. The highest BCUT2D eigenvalue weighted by Crippen LogP contribution is 2.11. The van der Waals surface area contributed by atoms with Gasteiger partial charge >= 0.3 is 0 Å². The molecule has 0 bridgehead atoms. The van der Waals surface area contributed by atoms with Crippen LogP contribution in [0.1, 0.15) is 27.7 Å². The first-order valence-electron chi connectivity index (χ1n) is 4.39. The van der Waals surface area contributed by atoms with Crippen molar-refractivity contribution in [3.63, 3.8) is 0 Å². The Labute approximate surface area is 74.9 Å². The lowest BCUT2D eigenvalue weighted by molar-refractivity contribution is -0.124. The molecule has 1 amide bonds. The molecule has 0 unspecified atom stereocenters. The predicted octanol–water partition coefficient (Wildman–Crippen LogP) is 0.836. The minimum Gasteiger partial charge on any atom is -0.368 e. The second-order valence-electron chi connectivity index (χ2n) is 3.85. The molecular formula is C9H20N2O. The zero-order valence-corrected chi connectivity index (χ0v) is 8.66. The second kappa shape index (κ2) is 4.45. The van der Waals surface area contributed by atoms with Crippen LogP contribution in [0.15, 0.2) is 0 Å². The Morgan fingerprint density at radius 1 is 1.25 bits per heavy atom. The topological polar surface area (TPSA) is 46.3 Å². The first-order valence-corrected chi connectivity index (χ1v) is 4.39. The van der Waals surface area contributed by atoms with E-state index in [9.17, 15) is 4.79 Å². The summed E-state index contributed by atoms with van der Waals surface area (Å²) in [5, 5.41) is 0. The SMILES string of the molecule is CC(C)[C@@H](C(N)=O)N(C)C(C)C. The van der Waals surface area contributed by atoms with E-state index in [1.807, 2.05) is 25.8 Å². The van der Waals surface area contributed by atoms with Gasteiger partial charge in [-0.05, 0) is 26.8 Å². The van der Waals surface area contributed by atoms with Crippen molar-refractivity contribution in [2.45, 2.75) is 39.8 Å². The van der Waals surface area contributed by atoms with Gasteiger partial charge in [-0.3, -0.25) is 9.69 Å². The molecule has 0 saturated carbocycles. The first-order chi connectivity index (χ1) is 5.37. The maximum absolute atomic E-state index is 11.1. The Morgan fingerprint density at radius 3 is 1.75 bits per heavy atom. The van der Waals surface area contributed by atoms with E-state index in [-0.39, 0.29) is 17.9 Å². The van der Waals surface area contributed by atoms with Crippen molar-refractivity contribution in [1.29, 1.82) is 0 Å². The van der Waals surface area contributed by atoms with Crippen LogP contribution >= 0.6 is 0 Å². The van der Waals surface area contributed by atoms with Gasteiger partial charge in [-0.15, -0.1) is 0 Å². The molecule has 0 spiro atoms. The summed E-state index contributed by atoms with van der Waals surface area (Å²) in [5.41, 5.74) is 5.30. The summed E-state index contributed by atoms with van der Waals surface area (Å²) in [7, 11) is 1.93. The lowest BCUT2D eigenvalue weighted by atomic mass is 10.0. The third-order valence-electron chi connectivity index (χ3n) is 2.18. The van der Waals surface area contributed by atoms with Crippen LogP contribution in [0.3, 0.4) is 0 Å². The Kier molecular flexibility index (Phi) is 4.24. The highest BCUT2D eigenvalue weighted by Gasteiger charge is 2.25. The Hall–Kier alpha value is -0.570. The van der Waals surface area contributed by atoms with Crippen LogP contribution in [-0.2, 0) is 4.79 Å². The molecule has 0 aromatic heterocycles. The number of amides is 1. The van der Waals surface area contributed by atoms with Crippen LogP contribution in [0.2, 0.25) is 0 Å². The summed E-state index contributed by atoms with van der Waals surface area (Å²) in [6.07, 6.45) is 0. The zero-order chi connectivity index (χ0) is 9.89. The summed E-state index contributed by atoms with van der Waals surface area (Å²) in [5.74, 6) is 0.0381. The standard InChI is InChI=1S/C9H20N2O/c1-6(2)8(9(10)12)11(5)7(3)4/h6-8H,1-5H3,(H2,10,12)/t8-/m0/s1. The monoisotopic (exact) mass is 172 g/mol. The molecule has 0 aromatic carbocycles. The lowest BCUT2D eigenvalue weighted by Crippen LogP contribution is -2.48.